The summed E-state index contributed by atoms with van der Waals surface area (Å²) in [4.78, 5) is 24.3. The van der Waals surface area contributed by atoms with E-state index in [1.165, 1.54) is 19.3 Å². The lowest BCUT2D eigenvalue weighted by Crippen LogP contribution is -2.56. The number of carboxylic acids is 1. The fourth-order valence-corrected chi connectivity index (χ4v) is 5.20. The van der Waals surface area contributed by atoms with Gasteiger partial charge in [-0.25, -0.2) is 0 Å². The molecule has 0 spiro atoms. The van der Waals surface area contributed by atoms with E-state index in [-0.39, 0.29) is 18.3 Å². The van der Waals surface area contributed by atoms with E-state index in [2.05, 4.69) is 0 Å². The van der Waals surface area contributed by atoms with Crippen LogP contribution in [0.3, 0.4) is 0 Å². The van der Waals surface area contributed by atoms with Gasteiger partial charge in [-0.15, -0.1) is 0 Å². The maximum atomic E-state index is 12.7. The maximum Gasteiger partial charge on any atom is 0.312 e. The lowest BCUT2D eigenvalue weighted by molar-refractivity contribution is -0.201. The van der Waals surface area contributed by atoms with Crippen LogP contribution >= 0.6 is 0 Å². The maximum absolute atomic E-state index is 12.7. The number of hydrogen-bond donors (Lipinski definition) is 1. The molecule has 4 heteroatoms. The van der Waals surface area contributed by atoms with E-state index in [1.807, 2.05) is 20.8 Å². The van der Waals surface area contributed by atoms with Gasteiger partial charge in [0.05, 0.1) is 11.8 Å². The molecule has 0 aromatic carbocycles. The summed E-state index contributed by atoms with van der Waals surface area (Å²) in [6.45, 7) is 5.76. The van der Waals surface area contributed by atoms with Crippen molar-refractivity contribution in [3.8, 4) is 0 Å². The Morgan fingerprint density at radius 3 is 2.57 bits per heavy atom. The lowest BCUT2D eigenvalue weighted by atomic mass is 9.52. The van der Waals surface area contributed by atoms with Gasteiger partial charge >= 0.3 is 11.9 Å². The number of carbonyl (C=O) groups excluding carboxylic acids is 1. The van der Waals surface area contributed by atoms with Crippen molar-refractivity contribution in [2.75, 3.05) is 0 Å². The van der Waals surface area contributed by atoms with Gasteiger partial charge in [-0.1, -0.05) is 13.3 Å². The van der Waals surface area contributed by atoms with Crippen LogP contribution in [-0.2, 0) is 14.3 Å². The number of ether oxygens (including phenoxy) is 1. The third-order valence-electron chi connectivity index (χ3n) is 6.99. The van der Waals surface area contributed by atoms with Crippen molar-refractivity contribution in [3.05, 3.63) is 0 Å². The van der Waals surface area contributed by atoms with Crippen LogP contribution in [0.25, 0.3) is 0 Å². The zero-order chi connectivity index (χ0) is 16.8. The summed E-state index contributed by atoms with van der Waals surface area (Å²) in [5, 5.41) is 9.48. The van der Waals surface area contributed by atoms with Gasteiger partial charge in [-0.3, -0.25) is 9.59 Å². The highest BCUT2D eigenvalue weighted by atomic mass is 16.6. The first kappa shape index (κ1) is 16.8. The third-order valence-corrected chi connectivity index (χ3v) is 6.99. The van der Waals surface area contributed by atoms with E-state index in [1.54, 1.807) is 0 Å². The minimum Gasteiger partial charge on any atom is -0.481 e. The minimum atomic E-state index is -0.841. The second kappa shape index (κ2) is 5.78. The first-order valence-electron chi connectivity index (χ1n) is 9.21. The molecule has 5 unspecified atom stereocenters. The van der Waals surface area contributed by atoms with Crippen molar-refractivity contribution in [2.45, 2.75) is 77.7 Å². The van der Waals surface area contributed by atoms with Gasteiger partial charge in [0.1, 0.15) is 5.60 Å². The Balaban J connectivity index is 1.88. The van der Waals surface area contributed by atoms with Crippen molar-refractivity contribution in [1.82, 2.24) is 0 Å². The average Bonchev–Trinajstić information content (AvgIpc) is 2.48. The van der Waals surface area contributed by atoms with E-state index in [0.717, 1.165) is 25.2 Å². The van der Waals surface area contributed by atoms with Crippen LogP contribution in [0.2, 0.25) is 0 Å². The van der Waals surface area contributed by atoms with Gasteiger partial charge in [0.2, 0.25) is 0 Å². The highest BCUT2D eigenvalue weighted by Gasteiger charge is 2.56. The Morgan fingerprint density at radius 1 is 1.17 bits per heavy atom. The van der Waals surface area contributed by atoms with Crippen LogP contribution in [-0.4, -0.2) is 22.6 Å². The van der Waals surface area contributed by atoms with E-state index in [0.29, 0.717) is 18.3 Å². The van der Waals surface area contributed by atoms with E-state index >= 15 is 0 Å². The van der Waals surface area contributed by atoms with E-state index in [9.17, 15) is 14.7 Å². The Hall–Kier alpha value is -1.06. The van der Waals surface area contributed by atoms with Gasteiger partial charge in [0.15, 0.2) is 0 Å². The van der Waals surface area contributed by atoms with Crippen molar-refractivity contribution in [3.63, 3.8) is 0 Å². The van der Waals surface area contributed by atoms with Crippen LogP contribution in [0.15, 0.2) is 0 Å². The smallest absolute Gasteiger partial charge is 0.312 e. The molecule has 0 aromatic rings. The second-order valence-corrected chi connectivity index (χ2v) is 8.83. The van der Waals surface area contributed by atoms with Crippen molar-refractivity contribution in [2.24, 2.45) is 29.1 Å². The summed E-state index contributed by atoms with van der Waals surface area (Å²) in [6.07, 6.45) is 7.27. The molecule has 3 fully saturated rings. The zero-order valence-corrected chi connectivity index (χ0v) is 14.6. The molecule has 3 aliphatic carbocycles. The molecular weight excluding hydrogens is 292 g/mol. The van der Waals surface area contributed by atoms with Crippen LogP contribution in [0, 0.1) is 29.1 Å². The zero-order valence-electron chi connectivity index (χ0n) is 14.6. The molecule has 3 bridgehead atoms. The molecule has 0 radical (unpaired) electrons. The molecule has 130 valence electrons. The molecule has 4 nitrogen and oxygen atoms in total. The summed E-state index contributed by atoms with van der Waals surface area (Å²) in [5.74, 6) is 1.15. The Kier molecular flexibility index (Phi) is 4.22. The molecule has 0 aliphatic heterocycles. The predicted octanol–water partition coefficient (Wildman–Crippen LogP) is 4.03. The number of carbonyl (C=O) groups is 2. The van der Waals surface area contributed by atoms with Gasteiger partial charge in [-0.2, -0.15) is 0 Å². The van der Waals surface area contributed by atoms with Gasteiger partial charge in [0, 0.05) is 0 Å². The molecular formula is C19H30O4. The molecule has 3 saturated carbocycles. The Bertz CT molecular complexity index is 496. The monoisotopic (exact) mass is 322 g/mol. The summed E-state index contributed by atoms with van der Waals surface area (Å²) in [7, 11) is 0. The van der Waals surface area contributed by atoms with E-state index in [4.69, 9.17) is 4.74 Å². The molecule has 5 atom stereocenters. The quantitative estimate of drug-likeness (QED) is 0.776. The fraction of sp³-hybridized carbons (Fsp3) is 0.895. The molecule has 3 rings (SSSR count). The molecule has 23 heavy (non-hydrogen) atoms. The number of esters is 1. The van der Waals surface area contributed by atoms with Crippen molar-refractivity contribution in [1.29, 1.82) is 0 Å². The van der Waals surface area contributed by atoms with Crippen LogP contribution < -0.4 is 0 Å². The molecule has 3 aliphatic rings. The lowest BCUT2D eigenvalue weighted by Gasteiger charge is -2.56. The Morgan fingerprint density at radius 2 is 1.91 bits per heavy atom. The third kappa shape index (κ3) is 3.01. The van der Waals surface area contributed by atoms with Crippen LogP contribution in [0.1, 0.15) is 72.1 Å². The largest absolute Gasteiger partial charge is 0.481 e. The van der Waals surface area contributed by atoms with E-state index < -0.39 is 17.0 Å². The standard InChI is InChI=1S/C19H30O4/c1-4-18(2,3)17(22)23-19(11-16(20)21)10-13-6-5-12-7-14(13)9-15(19)8-12/h12-15H,4-11H2,1-3H3,(H,20,21). The first-order valence-corrected chi connectivity index (χ1v) is 9.21. The predicted molar refractivity (Wildman–Crippen MR) is 86.8 cm³/mol. The normalized spacial score (nSPS) is 39.1. The molecule has 0 aromatic heterocycles. The number of carboxylic acid groups (broad SMARTS) is 1. The molecule has 0 heterocycles. The molecule has 1 N–H and O–H groups in total. The number of aliphatic carboxylic acids is 1. The van der Waals surface area contributed by atoms with Crippen LogP contribution in [0.4, 0.5) is 0 Å². The second-order valence-electron chi connectivity index (χ2n) is 8.83. The summed E-state index contributed by atoms with van der Waals surface area (Å²) in [6, 6.07) is 0. The summed E-state index contributed by atoms with van der Waals surface area (Å²) >= 11 is 0. The Labute approximate surface area is 139 Å². The summed E-state index contributed by atoms with van der Waals surface area (Å²) in [5.41, 5.74) is -1.31. The molecule has 0 saturated heterocycles. The van der Waals surface area contributed by atoms with Gasteiger partial charge < -0.3 is 9.84 Å². The SMILES string of the molecule is CCC(C)(C)C(=O)OC1(CC(=O)O)CC2CCC3CC2CC1C3. The average molecular weight is 322 g/mol. The highest BCUT2D eigenvalue weighted by Crippen LogP contribution is 2.58. The van der Waals surface area contributed by atoms with Crippen molar-refractivity contribution < 1.29 is 19.4 Å². The van der Waals surface area contributed by atoms with Gasteiger partial charge in [0.25, 0.3) is 0 Å². The fourth-order valence-electron chi connectivity index (χ4n) is 5.20. The van der Waals surface area contributed by atoms with Crippen LogP contribution in [0.5, 0.6) is 0 Å². The number of rotatable bonds is 5. The van der Waals surface area contributed by atoms with Gasteiger partial charge in [-0.05, 0) is 76.0 Å². The van der Waals surface area contributed by atoms with Crippen molar-refractivity contribution >= 4 is 11.9 Å². The first-order chi connectivity index (χ1) is 10.8. The highest BCUT2D eigenvalue weighted by molar-refractivity contribution is 5.77. The molecule has 0 amide bonds. The summed E-state index contributed by atoms with van der Waals surface area (Å²) < 4.78 is 6.06. The minimum absolute atomic E-state index is 0.0286. The number of hydrogen-bond acceptors (Lipinski definition) is 3. The topological polar surface area (TPSA) is 63.6 Å². The number of fused-ring (bicyclic) bond motifs is 2.